The number of esters is 1. The Morgan fingerprint density at radius 3 is 2.21 bits per heavy atom. The number of anilines is 1. The van der Waals surface area contributed by atoms with Gasteiger partial charge in [0.25, 0.3) is 10.1 Å². The minimum absolute atomic E-state index is 0.0142. The van der Waals surface area contributed by atoms with Crippen molar-refractivity contribution in [3.63, 3.8) is 0 Å². The number of fused-ring (bicyclic) bond motifs is 2. The van der Waals surface area contributed by atoms with Crippen LogP contribution < -0.4 is 25.5 Å². The van der Waals surface area contributed by atoms with Gasteiger partial charge >= 0.3 is 25.6 Å². The predicted molar refractivity (Wildman–Crippen MR) is 255 cm³/mol. The number of hydrogen-bond donors (Lipinski definition) is 4. The lowest BCUT2D eigenvalue weighted by Crippen LogP contribution is -2.33. The second kappa shape index (κ2) is 24.6. The van der Waals surface area contributed by atoms with Crippen LogP contribution in [0.4, 0.5) is 10.5 Å². The molecule has 1 heterocycles. The Hall–Kier alpha value is -4.57. The van der Waals surface area contributed by atoms with Gasteiger partial charge in [-0.15, -0.1) is 4.33 Å². The molecule has 1 amide bonds. The topological polar surface area (TPSA) is 250 Å². The number of amides is 1. The van der Waals surface area contributed by atoms with Gasteiger partial charge < -0.3 is 38.3 Å². The second-order valence-electron chi connectivity index (χ2n) is 17.7. The number of carboxylic acids is 1. The lowest BCUT2D eigenvalue weighted by Gasteiger charge is -2.23. The SMILES string of the molecule is CN(CCSOOO)c1ccc2c(-c3cc(P(=O)(OCCCCCC(=O)OC(C)(C)C)OCCCCNC(=O)OC(C)(C)C)ccc3C(=O)O)c3cc/c(=[N+](/C)CCS(=O)(=O)O)cc-3oc2c1. The monoisotopic (exact) mass is 996 g/mol. The summed E-state index contributed by atoms with van der Waals surface area (Å²) in [4.78, 5) is 39.4. The highest BCUT2D eigenvalue weighted by Crippen LogP contribution is 2.49. The predicted octanol–water partition coefficient (Wildman–Crippen LogP) is 7.76. The molecule has 19 nitrogen and oxygen atoms in total. The van der Waals surface area contributed by atoms with Crippen LogP contribution in [0.5, 0.6) is 0 Å². The average molecular weight is 997 g/mol. The summed E-state index contributed by atoms with van der Waals surface area (Å²) in [5.41, 5.74) is 0.704. The molecule has 0 saturated heterocycles. The molecule has 4 N–H and O–H groups in total. The van der Waals surface area contributed by atoms with Crippen LogP contribution in [0.1, 0.15) is 90.4 Å². The van der Waals surface area contributed by atoms with Crippen molar-refractivity contribution >= 4 is 69.7 Å². The number of benzene rings is 3. The van der Waals surface area contributed by atoms with E-state index < -0.39 is 46.7 Å². The number of unbranched alkanes of at least 4 members (excludes halogenated alkanes) is 3. The van der Waals surface area contributed by atoms with Crippen molar-refractivity contribution in [2.75, 3.05) is 63.3 Å². The molecule has 0 saturated carbocycles. The highest BCUT2D eigenvalue weighted by molar-refractivity contribution is 7.94. The van der Waals surface area contributed by atoms with Gasteiger partial charge in [-0.3, -0.25) is 13.9 Å². The molecule has 2 aromatic rings. The zero-order valence-corrected chi connectivity index (χ0v) is 41.7. The Labute approximate surface area is 395 Å². The van der Waals surface area contributed by atoms with E-state index in [4.69, 9.17) is 28.2 Å². The quantitative estimate of drug-likeness (QED) is 0.00570. The first-order valence-electron chi connectivity index (χ1n) is 21.7. The summed E-state index contributed by atoms with van der Waals surface area (Å²) >= 11 is 0.889. The molecule has 2 aliphatic rings. The van der Waals surface area contributed by atoms with Crippen LogP contribution in [-0.2, 0) is 47.4 Å². The normalized spacial score (nSPS) is 13.6. The molecule has 4 rings (SSSR count). The molecule has 22 heteroatoms. The highest BCUT2D eigenvalue weighted by atomic mass is 32.2. The van der Waals surface area contributed by atoms with E-state index in [0.29, 0.717) is 83.3 Å². The molecule has 0 bridgehead atoms. The summed E-state index contributed by atoms with van der Waals surface area (Å²) in [6, 6.07) is 14.7. The van der Waals surface area contributed by atoms with E-state index in [1.807, 2.05) is 18.0 Å². The highest BCUT2D eigenvalue weighted by Gasteiger charge is 2.31. The van der Waals surface area contributed by atoms with Crippen molar-refractivity contribution in [1.29, 1.82) is 0 Å². The van der Waals surface area contributed by atoms with E-state index in [1.54, 1.807) is 83.5 Å². The van der Waals surface area contributed by atoms with Gasteiger partial charge in [0.1, 0.15) is 35.3 Å². The summed E-state index contributed by atoms with van der Waals surface area (Å²) in [5, 5.41) is 26.7. The molecule has 0 radical (unpaired) electrons. The van der Waals surface area contributed by atoms with Gasteiger partial charge in [0.15, 0.2) is 6.54 Å². The van der Waals surface area contributed by atoms with Crippen LogP contribution in [-0.4, -0.2) is 111 Å². The van der Waals surface area contributed by atoms with Crippen LogP contribution in [0.15, 0.2) is 59.0 Å². The van der Waals surface area contributed by atoms with Crippen LogP contribution in [0, 0.1) is 0 Å². The van der Waals surface area contributed by atoms with Gasteiger partial charge in [-0.05, 0) is 109 Å². The Balaban J connectivity index is 1.80. The van der Waals surface area contributed by atoms with Crippen molar-refractivity contribution in [1.82, 2.24) is 9.89 Å². The number of carbonyl (C=O) groups is 3. The summed E-state index contributed by atoms with van der Waals surface area (Å²) < 4.78 is 83.1. The molecule has 370 valence electrons. The minimum Gasteiger partial charge on any atom is -0.478 e. The molecule has 0 aromatic heterocycles. The van der Waals surface area contributed by atoms with Crippen molar-refractivity contribution in [3.8, 4) is 22.5 Å². The van der Waals surface area contributed by atoms with Crippen molar-refractivity contribution in [2.24, 2.45) is 0 Å². The third-order valence-electron chi connectivity index (χ3n) is 9.87. The van der Waals surface area contributed by atoms with E-state index in [-0.39, 0.29) is 55.1 Å². The van der Waals surface area contributed by atoms with E-state index in [9.17, 15) is 32.5 Å². The van der Waals surface area contributed by atoms with Gasteiger partial charge in [0, 0.05) is 78.7 Å². The Kier molecular flexibility index (Phi) is 20.2. The van der Waals surface area contributed by atoms with Gasteiger partial charge in [0.2, 0.25) is 5.36 Å². The number of nitrogens with zero attached hydrogens (tertiary/aromatic N) is 2. The van der Waals surface area contributed by atoms with Gasteiger partial charge in [0.05, 0.1) is 30.1 Å². The Bertz CT molecular complexity index is 2490. The minimum atomic E-state index is -4.27. The Morgan fingerprint density at radius 2 is 1.57 bits per heavy atom. The summed E-state index contributed by atoms with van der Waals surface area (Å²) in [7, 11) is -4.99. The number of carbonyl (C=O) groups excluding carboxylic acids is 2. The van der Waals surface area contributed by atoms with E-state index in [2.05, 4.69) is 14.7 Å². The number of rotatable bonds is 25. The fourth-order valence-corrected chi connectivity index (χ4v) is 9.32. The fraction of sp³-hybridized carbons (Fsp3) is 0.511. The second-order valence-corrected chi connectivity index (χ2v) is 22.0. The molecule has 2 aromatic carbocycles. The molecule has 67 heavy (non-hydrogen) atoms. The average Bonchev–Trinajstić information content (AvgIpc) is 3.23. The third kappa shape index (κ3) is 17.8. The van der Waals surface area contributed by atoms with Crippen LogP contribution in [0.25, 0.3) is 33.4 Å². The molecule has 1 aliphatic heterocycles. The first kappa shape index (κ1) is 55.0. The zero-order chi connectivity index (χ0) is 49.6. The fourth-order valence-electron chi connectivity index (χ4n) is 6.70. The number of hydrogen-bond acceptors (Lipinski definition) is 16. The van der Waals surface area contributed by atoms with Crippen molar-refractivity contribution < 1.29 is 74.6 Å². The maximum Gasteiger partial charge on any atom is 0.407 e. The van der Waals surface area contributed by atoms with Crippen molar-refractivity contribution in [3.05, 3.63) is 65.5 Å². The van der Waals surface area contributed by atoms with Gasteiger partial charge in [-0.1, -0.05) is 11.5 Å². The lowest BCUT2D eigenvalue weighted by atomic mass is 9.90. The lowest BCUT2D eigenvalue weighted by molar-refractivity contribution is -0.432. The molecule has 0 fully saturated rings. The van der Waals surface area contributed by atoms with E-state index in [1.165, 1.54) is 18.2 Å². The first-order chi connectivity index (χ1) is 31.4. The number of ether oxygens (including phenoxy) is 2. The maximum atomic E-state index is 15.0. The number of aromatic carboxylic acids is 1. The van der Waals surface area contributed by atoms with Gasteiger partial charge in [-0.25, -0.2) is 19.4 Å². The number of carboxylic acid groups (broad SMARTS) is 1. The van der Waals surface area contributed by atoms with Crippen molar-refractivity contribution in [2.45, 2.75) is 91.3 Å². The summed E-state index contributed by atoms with van der Waals surface area (Å²) in [6.07, 6.45) is 1.92. The summed E-state index contributed by atoms with van der Waals surface area (Å²) in [5.74, 6) is -1.42. The molecular weight excluding hydrogens is 934 g/mol. The largest absolute Gasteiger partial charge is 0.478 e. The molecule has 1 atom stereocenters. The standard InChI is InChI=1S/C45H62N3O16PS2/c1-44(2,3)61-40(49)14-10-9-12-24-58-65(54,59-25-13-11-21-46-43(52)62-45(4,5)6)33-17-20-34(42(50)51)37(30-33)41-35-18-15-31(47(7)22-26-66-64-63-53)28-38(35)60-39-29-32(16-19-36(39)41)48(8)23-27-67(55,56)57/h15-20,28-30H,9-14,21-27H2,1-8H3,(H3-,46,50,51,52,53,55,56,57)/p+1. The molecule has 1 unspecified atom stereocenters. The maximum absolute atomic E-state index is 15.0. The number of alkyl carbamates (subject to hydrolysis) is 1. The van der Waals surface area contributed by atoms with Crippen LogP contribution in [0.2, 0.25) is 0 Å². The molecule has 0 spiro atoms. The third-order valence-corrected chi connectivity index (χ3v) is 13.0. The van der Waals surface area contributed by atoms with Crippen LogP contribution >= 0.6 is 19.6 Å². The Morgan fingerprint density at radius 1 is 0.881 bits per heavy atom. The van der Waals surface area contributed by atoms with Gasteiger partial charge in [-0.2, -0.15) is 8.42 Å². The first-order valence-corrected chi connectivity index (χ1v) is 25.7. The smallest absolute Gasteiger partial charge is 0.407 e. The van der Waals surface area contributed by atoms with Crippen LogP contribution in [0.3, 0.4) is 0 Å². The van der Waals surface area contributed by atoms with E-state index in [0.717, 1.165) is 12.0 Å². The molecular formula is C45H63N3O16PS2+. The zero-order valence-electron chi connectivity index (χ0n) is 39.2. The molecule has 1 aliphatic carbocycles. The number of nitrogens with one attached hydrogen (secondary N) is 1. The summed E-state index contributed by atoms with van der Waals surface area (Å²) in [6.45, 7) is 11.3. The van der Waals surface area contributed by atoms with E-state index >= 15 is 4.57 Å².